The molecule has 0 radical (unpaired) electrons. The number of methoxy groups -OCH3 is 1. The Bertz CT molecular complexity index is 587. The number of nitrogens with one attached hydrogen (secondary N) is 1. The lowest BCUT2D eigenvalue weighted by Gasteiger charge is -2.18. The lowest BCUT2D eigenvalue weighted by atomic mass is 10.0. The van der Waals surface area contributed by atoms with E-state index in [0.717, 1.165) is 24.3 Å². The minimum atomic E-state index is -0.368. The van der Waals surface area contributed by atoms with E-state index in [1.807, 2.05) is 17.5 Å². The Morgan fingerprint density at radius 2 is 2.24 bits per heavy atom. The molecule has 114 valence electrons. The first-order valence-electron chi connectivity index (χ1n) is 6.94. The van der Waals surface area contributed by atoms with Gasteiger partial charge in [-0.2, -0.15) is 0 Å². The molecule has 1 heterocycles. The highest BCUT2D eigenvalue weighted by atomic mass is 35.5. The quantitative estimate of drug-likeness (QED) is 0.786. The predicted molar refractivity (Wildman–Crippen MR) is 87.0 cm³/mol. The summed E-state index contributed by atoms with van der Waals surface area (Å²) in [6.45, 7) is 3.02. The first-order chi connectivity index (χ1) is 10.2. The van der Waals surface area contributed by atoms with Crippen molar-refractivity contribution in [3.8, 4) is 5.75 Å². The number of thiophene rings is 1. The van der Waals surface area contributed by atoms with Crippen molar-refractivity contribution in [1.82, 2.24) is 5.32 Å². The van der Waals surface area contributed by atoms with E-state index in [0.29, 0.717) is 6.42 Å². The van der Waals surface area contributed by atoms with Crippen LogP contribution in [0.1, 0.15) is 29.8 Å². The average Bonchev–Trinajstić information content (AvgIpc) is 2.96. The second kappa shape index (κ2) is 7.78. The molecule has 2 aromatic rings. The van der Waals surface area contributed by atoms with Gasteiger partial charge in [0, 0.05) is 16.3 Å². The summed E-state index contributed by atoms with van der Waals surface area (Å²) in [4.78, 5) is 1.17. The highest BCUT2D eigenvalue weighted by molar-refractivity contribution is 7.10. The summed E-state index contributed by atoms with van der Waals surface area (Å²) in [6, 6.07) is 7.08. The highest BCUT2D eigenvalue weighted by Crippen LogP contribution is 2.31. The average molecular weight is 328 g/mol. The zero-order valence-corrected chi connectivity index (χ0v) is 13.7. The number of benzene rings is 1. The van der Waals surface area contributed by atoms with E-state index in [9.17, 15) is 4.39 Å². The van der Waals surface area contributed by atoms with Crippen LogP contribution in [-0.2, 0) is 6.42 Å². The van der Waals surface area contributed by atoms with Gasteiger partial charge in [-0.15, -0.1) is 11.3 Å². The molecule has 0 aliphatic rings. The normalized spacial score (nSPS) is 12.4. The summed E-state index contributed by atoms with van der Waals surface area (Å²) < 4.78 is 18.8. The number of halogens is 2. The summed E-state index contributed by atoms with van der Waals surface area (Å²) in [5.74, 6) is 0.482. The molecule has 1 N–H and O–H groups in total. The fourth-order valence-corrected chi connectivity index (χ4v) is 3.28. The molecule has 0 amide bonds. The maximum Gasteiger partial charge on any atom is 0.142 e. The van der Waals surface area contributed by atoms with Crippen LogP contribution in [0.15, 0.2) is 29.6 Å². The molecular formula is C16H19ClFNOS. The van der Waals surface area contributed by atoms with Crippen LogP contribution in [0.2, 0.25) is 5.02 Å². The van der Waals surface area contributed by atoms with E-state index < -0.39 is 0 Å². The van der Waals surface area contributed by atoms with Gasteiger partial charge in [-0.25, -0.2) is 4.39 Å². The Kier molecular flexibility index (Phi) is 6.03. The molecule has 0 bridgehead atoms. The molecular weight excluding hydrogens is 309 g/mol. The van der Waals surface area contributed by atoms with Gasteiger partial charge in [0.15, 0.2) is 0 Å². The molecule has 1 aromatic heterocycles. The molecule has 0 fully saturated rings. The summed E-state index contributed by atoms with van der Waals surface area (Å²) in [5.41, 5.74) is 0.817. The molecule has 2 rings (SSSR count). The van der Waals surface area contributed by atoms with E-state index in [-0.39, 0.29) is 16.9 Å². The van der Waals surface area contributed by atoms with Crippen molar-refractivity contribution in [1.29, 1.82) is 0 Å². The van der Waals surface area contributed by atoms with Gasteiger partial charge in [-0.1, -0.05) is 30.7 Å². The van der Waals surface area contributed by atoms with Crippen molar-refractivity contribution >= 4 is 22.9 Å². The van der Waals surface area contributed by atoms with Crippen LogP contribution in [0.4, 0.5) is 4.39 Å². The van der Waals surface area contributed by atoms with Gasteiger partial charge in [-0.3, -0.25) is 0 Å². The third-order valence-electron chi connectivity index (χ3n) is 3.27. The smallest absolute Gasteiger partial charge is 0.142 e. The van der Waals surface area contributed by atoms with Gasteiger partial charge in [0.05, 0.1) is 12.1 Å². The number of ether oxygens (including phenoxy) is 1. The van der Waals surface area contributed by atoms with Gasteiger partial charge >= 0.3 is 0 Å². The van der Waals surface area contributed by atoms with Crippen LogP contribution in [0.5, 0.6) is 5.75 Å². The zero-order chi connectivity index (χ0) is 15.2. The highest BCUT2D eigenvalue weighted by Gasteiger charge is 2.17. The molecule has 0 saturated heterocycles. The van der Waals surface area contributed by atoms with Crippen molar-refractivity contribution < 1.29 is 9.13 Å². The Hall–Kier alpha value is -1.10. The summed E-state index contributed by atoms with van der Waals surface area (Å²) >= 11 is 7.70. The number of hydrogen-bond acceptors (Lipinski definition) is 3. The lowest BCUT2D eigenvalue weighted by molar-refractivity contribution is 0.415. The van der Waals surface area contributed by atoms with Crippen LogP contribution in [0, 0.1) is 5.82 Å². The fourth-order valence-electron chi connectivity index (χ4n) is 2.14. The molecule has 21 heavy (non-hydrogen) atoms. The van der Waals surface area contributed by atoms with Crippen LogP contribution in [-0.4, -0.2) is 13.7 Å². The second-order valence-corrected chi connectivity index (χ2v) is 6.13. The SMILES string of the molecule is CCCNC(Cc1cccc(F)c1Cl)c1cc(OC)cs1. The van der Waals surface area contributed by atoms with Crippen molar-refractivity contribution in [2.24, 2.45) is 0 Å². The van der Waals surface area contributed by atoms with Crippen molar-refractivity contribution in [2.45, 2.75) is 25.8 Å². The van der Waals surface area contributed by atoms with Gasteiger partial charge in [0.1, 0.15) is 11.6 Å². The minimum Gasteiger partial charge on any atom is -0.496 e. The molecule has 2 nitrogen and oxygen atoms in total. The number of hydrogen-bond donors (Lipinski definition) is 1. The molecule has 5 heteroatoms. The predicted octanol–water partition coefficient (Wildman–Crippen LogP) is 4.83. The van der Waals surface area contributed by atoms with Crippen molar-refractivity contribution in [2.75, 3.05) is 13.7 Å². The Balaban J connectivity index is 2.21. The molecule has 0 aliphatic carbocycles. The van der Waals surface area contributed by atoms with Crippen molar-refractivity contribution in [3.63, 3.8) is 0 Å². The largest absolute Gasteiger partial charge is 0.496 e. The van der Waals surface area contributed by atoms with E-state index in [1.165, 1.54) is 10.9 Å². The van der Waals surface area contributed by atoms with Crippen LogP contribution in [0.25, 0.3) is 0 Å². The van der Waals surface area contributed by atoms with Crippen LogP contribution < -0.4 is 10.1 Å². The number of rotatable bonds is 7. The summed E-state index contributed by atoms with van der Waals surface area (Å²) in [6.07, 6.45) is 1.69. The molecule has 1 atom stereocenters. The van der Waals surface area contributed by atoms with Crippen LogP contribution >= 0.6 is 22.9 Å². The first kappa shape index (κ1) is 16.3. The molecule has 1 aromatic carbocycles. The second-order valence-electron chi connectivity index (χ2n) is 4.81. The fraction of sp³-hybridized carbons (Fsp3) is 0.375. The summed E-state index contributed by atoms with van der Waals surface area (Å²) in [5, 5.41) is 5.68. The topological polar surface area (TPSA) is 21.3 Å². The van der Waals surface area contributed by atoms with E-state index in [4.69, 9.17) is 16.3 Å². The Labute approximate surface area is 133 Å². The summed E-state index contributed by atoms with van der Waals surface area (Å²) in [7, 11) is 1.66. The van der Waals surface area contributed by atoms with E-state index in [2.05, 4.69) is 12.2 Å². The van der Waals surface area contributed by atoms with Gasteiger partial charge in [0.2, 0.25) is 0 Å². The molecule has 0 aliphatic heterocycles. The zero-order valence-electron chi connectivity index (χ0n) is 12.2. The molecule has 1 unspecified atom stereocenters. The van der Waals surface area contributed by atoms with Gasteiger partial charge in [0.25, 0.3) is 0 Å². The lowest BCUT2D eigenvalue weighted by Crippen LogP contribution is -2.23. The maximum atomic E-state index is 13.6. The Morgan fingerprint density at radius 3 is 2.90 bits per heavy atom. The molecule has 0 spiro atoms. The van der Waals surface area contributed by atoms with Gasteiger partial charge in [-0.05, 0) is 37.1 Å². The Morgan fingerprint density at radius 1 is 1.43 bits per heavy atom. The third kappa shape index (κ3) is 4.19. The minimum absolute atomic E-state index is 0.109. The molecule has 0 saturated carbocycles. The maximum absolute atomic E-state index is 13.6. The first-order valence-corrected chi connectivity index (χ1v) is 8.20. The standard InChI is InChI=1S/C16H19ClFNOS/c1-3-7-19-14(15-9-12(20-2)10-21-15)8-11-5-4-6-13(18)16(11)17/h4-6,9-10,14,19H,3,7-8H2,1-2H3. The third-order valence-corrected chi connectivity index (χ3v) is 4.72. The monoisotopic (exact) mass is 327 g/mol. The van der Waals surface area contributed by atoms with Gasteiger partial charge < -0.3 is 10.1 Å². The van der Waals surface area contributed by atoms with E-state index in [1.54, 1.807) is 24.5 Å². The van der Waals surface area contributed by atoms with Crippen molar-refractivity contribution in [3.05, 3.63) is 50.9 Å². The van der Waals surface area contributed by atoms with Crippen LogP contribution in [0.3, 0.4) is 0 Å². The van der Waals surface area contributed by atoms with E-state index >= 15 is 0 Å².